The van der Waals surface area contributed by atoms with Crippen molar-refractivity contribution in [2.24, 2.45) is 17.8 Å². The zero-order chi connectivity index (χ0) is 60.4. The van der Waals surface area contributed by atoms with Gasteiger partial charge in [-0.15, -0.1) is 0 Å². The van der Waals surface area contributed by atoms with Gasteiger partial charge in [-0.2, -0.15) is 0 Å². The molecule has 25 atom stereocenters. The maximum atomic E-state index is 13.6. The van der Waals surface area contributed by atoms with Gasteiger partial charge in [0.2, 0.25) is 6.29 Å². The van der Waals surface area contributed by atoms with Crippen molar-refractivity contribution in [3.8, 4) is 5.75 Å². The lowest BCUT2D eigenvalue weighted by Gasteiger charge is -2.50. The van der Waals surface area contributed by atoms with Gasteiger partial charge in [-0.25, -0.2) is 0 Å². The largest absolute Gasteiger partial charge is 0.462 e. The molecule has 4 fully saturated rings. The van der Waals surface area contributed by atoms with Gasteiger partial charge >= 0.3 is 11.9 Å². The third kappa shape index (κ3) is 18.9. The van der Waals surface area contributed by atoms with Crippen molar-refractivity contribution in [2.75, 3.05) is 42.7 Å². The van der Waals surface area contributed by atoms with E-state index in [1.54, 1.807) is 27.9 Å². The lowest BCUT2D eigenvalue weighted by molar-refractivity contribution is -0.384. The van der Waals surface area contributed by atoms with Crippen LogP contribution in [0.15, 0.2) is 24.3 Å². The van der Waals surface area contributed by atoms with E-state index in [-0.39, 0.29) is 36.3 Å². The lowest BCUT2D eigenvalue weighted by Crippen LogP contribution is -2.67. The van der Waals surface area contributed by atoms with E-state index in [0.29, 0.717) is 37.4 Å². The monoisotopic (exact) mass is 1170 g/mol. The van der Waals surface area contributed by atoms with Crippen LogP contribution in [0.1, 0.15) is 145 Å². The Kier molecular flexibility index (Phi) is 29.6. The van der Waals surface area contributed by atoms with Crippen LogP contribution in [0.3, 0.4) is 0 Å². The van der Waals surface area contributed by atoms with Gasteiger partial charge in [0, 0.05) is 61.9 Å². The average molecular weight is 1170 g/mol. The van der Waals surface area contributed by atoms with Crippen LogP contribution in [0.25, 0.3) is 0 Å². The van der Waals surface area contributed by atoms with Crippen molar-refractivity contribution in [2.45, 2.75) is 281 Å². The third-order valence-electron chi connectivity index (χ3n) is 16.9. The Balaban J connectivity index is 1.32. The molecule has 4 aliphatic heterocycles. The molecule has 0 aromatic heterocycles. The summed E-state index contributed by atoms with van der Waals surface area (Å²) in [6.07, 6.45) is -10.4. The number of aliphatic hydroxyl groups is 3. The number of methoxy groups -OCH3 is 6. The maximum Gasteiger partial charge on any atom is 0.308 e. The van der Waals surface area contributed by atoms with Crippen molar-refractivity contribution in [3.63, 3.8) is 0 Å². The van der Waals surface area contributed by atoms with Gasteiger partial charge < -0.3 is 91.1 Å². The Labute approximate surface area is 488 Å². The van der Waals surface area contributed by atoms with Gasteiger partial charge in [-0.05, 0) is 89.8 Å². The van der Waals surface area contributed by atoms with E-state index in [1.165, 1.54) is 35.5 Å². The molecule has 1 aromatic carbocycles. The second-order valence-electron chi connectivity index (χ2n) is 23.1. The number of hydrogen-bond acceptors (Lipinski definition) is 21. The Morgan fingerprint density at radius 2 is 1.02 bits per heavy atom. The van der Waals surface area contributed by atoms with Crippen molar-refractivity contribution < 1.29 is 101 Å². The highest BCUT2D eigenvalue weighted by molar-refractivity contribution is 5.72. The number of rotatable bonds is 33. The highest BCUT2D eigenvalue weighted by Crippen LogP contribution is 2.38. The number of aliphatic hydroxyl groups excluding tert-OH is 3. The first kappa shape index (κ1) is 70.1. The Morgan fingerprint density at radius 3 is 1.52 bits per heavy atom. The average Bonchev–Trinajstić information content (AvgIpc) is 3.65. The van der Waals surface area contributed by atoms with Crippen molar-refractivity contribution in [3.05, 3.63) is 29.8 Å². The fourth-order valence-electron chi connectivity index (χ4n) is 12.0. The molecule has 0 spiro atoms. The minimum absolute atomic E-state index is 0.0784. The highest BCUT2D eigenvalue weighted by atomic mass is 16.8. The Hall–Kier alpha value is -2.68. The standard InChI is InChI=1S/C61H104O21/c1-17-22-34(5)57(65)77-42(25-21-20-24-33(4)45(19-3)67-11)31-43(78-58(66)35(6)23-18-2)30-40-26-28-41(29-27-40)79-59-56(72-16)53(50(69-13)39(10)76-59)82-61-55(71-15)52(48(64)37(8)75-61)81-60-54(70-14)51(47(63)36(7)74-60)80-46-32-44(62)49(68-12)38(9)73-46/h26-29,33-39,42-56,59-64H,17-25,30-32H2,1-16H3. The number of carbonyl (C=O) groups is 2. The molecule has 3 N–H and O–H groups in total. The number of benzene rings is 1. The molecule has 4 aliphatic rings. The fourth-order valence-corrected chi connectivity index (χ4v) is 12.0. The molecule has 4 heterocycles. The summed E-state index contributed by atoms with van der Waals surface area (Å²) in [5.41, 5.74) is 0.879. The molecular formula is C61H104O21. The molecule has 0 bridgehead atoms. The molecular weight excluding hydrogens is 1070 g/mol. The smallest absolute Gasteiger partial charge is 0.308 e. The summed E-state index contributed by atoms with van der Waals surface area (Å²) in [6.45, 7) is 19.2. The summed E-state index contributed by atoms with van der Waals surface area (Å²) in [7, 11) is 9.17. The molecule has 82 heavy (non-hydrogen) atoms. The molecule has 0 amide bonds. The van der Waals surface area contributed by atoms with Crippen LogP contribution in [0.5, 0.6) is 5.75 Å². The Morgan fingerprint density at radius 1 is 0.549 bits per heavy atom. The van der Waals surface area contributed by atoms with Crippen LogP contribution in [0.2, 0.25) is 0 Å². The van der Waals surface area contributed by atoms with Crippen molar-refractivity contribution in [1.82, 2.24) is 0 Å². The van der Waals surface area contributed by atoms with Gasteiger partial charge in [0.1, 0.15) is 79.0 Å². The molecule has 0 saturated carbocycles. The molecule has 0 aliphatic carbocycles. The van der Waals surface area contributed by atoms with Crippen LogP contribution in [0.4, 0.5) is 0 Å². The van der Waals surface area contributed by atoms with Gasteiger partial charge in [-0.1, -0.05) is 72.9 Å². The van der Waals surface area contributed by atoms with Crippen LogP contribution < -0.4 is 4.74 Å². The summed E-state index contributed by atoms with van der Waals surface area (Å²) in [4.78, 5) is 27.0. The normalized spacial score (nSPS) is 35.7. The van der Waals surface area contributed by atoms with E-state index in [2.05, 4.69) is 20.8 Å². The minimum Gasteiger partial charge on any atom is -0.462 e. The van der Waals surface area contributed by atoms with E-state index < -0.39 is 129 Å². The fraction of sp³-hybridized carbons (Fsp3) is 0.869. The molecule has 21 nitrogen and oxygen atoms in total. The zero-order valence-electron chi connectivity index (χ0n) is 51.9. The van der Waals surface area contributed by atoms with Gasteiger partial charge in [0.25, 0.3) is 0 Å². The lowest BCUT2D eigenvalue weighted by atomic mass is 9.94. The van der Waals surface area contributed by atoms with E-state index in [0.717, 1.165) is 50.5 Å². The van der Waals surface area contributed by atoms with E-state index in [1.807, 2.05) is 52.0 Å². The number of hydrogen-bond donors (Lipinski definition) is 3. The summed E-state index contributed by atoms with van der Waals surface area (Å²) in [6, 6.07) is 7.46. The topological polar surface area (TPSA) is 243 Å². The van der Waals surface area contributed by atoms with Crippen molar-refractivity contribution in [1.29, 1.82) is 0 Å². The zero-order valence-corrected chi connectivity index (χ0v) is 51.9. The van der Waals surface area contributed by atoms with Crippen LogP contribution in [-0.2, 0) is 87.1 Å². The first-order valence-corrected chi connectivity index (χ1v) is 30.2. The van der Waals surface area contributed by atoms with Gasteiger partial charge in [0.15, 0.2) is 18.9 Å². The summed E-state index contributed by atoms with van der Waals surface area (Å²) in [5.74, 6) is -0.207. The SMILES string of the molecule is CCCC(C)C(=O)OC(CCCCC(C)C(CC)OC)CC(Cc1ccc(OC2OC(C)C(OC)C(OC3OC(C)C(O)C(OC4OC(C)C(O)C(OC5CC(O)C(OC)C(C)O5)C4OC)C3OC)C2OC)cc1)OC(=O)C(C)CCC. The van der Waals surface area contributed by atoms with Crippen LogP contribution in [-0.4, -0.2) is 205 Å². The van der Waals surface area contributed by atoms with Crippen LogP contribution >= 0.6 is 0 Å². The number of ether oxygens (including phenoxy) is 16. The predicted molar refractivity (Wildman–Crippen MR) is 301 cm³/mol. The summed E-state index contributed by atoms with van der Waals surface area (Å²) in [5, 5.41) is 33.9. The third-order valence-corrected chi connectivity index (χ3v) is 16.9. The molecule has 21 heteroatoms. The highest BCUT2D eigenvalue weighted by Gasteiger charge is 2.55. The molecule has 1 aromatic rings. The summed E-state index contributed by atoms with van der Waals surface area (Å²) < 4.78 is 99.0. The number of carbonyl (C=O) groups excluding carboxylic acids is 2. The minimum atomic E-state index is -1.26. The predicted octanol–water partition coefficient (Wildman–Crippen LogP) is 7.00. The van der Waals surface area contributed by atoms with E-state index in [9.17, 15) is 24.9 Å². The second-order valence-corrected chi connectivity index (χ2v) is 23.1. The Bertz CT molecular complexity index is 1950. The molecule has 0 radical (unpaired) electrons. The van der Waals surface area contributed by atoms with Crippen LogP contribution in [0, 0.1) is 17.8 Å². The summed E-state index contributed by atoms with van der Waals surface area (Å²) >= 11 is 0. The number of unbranched alkanes of at least 4 members (excludes halogenated alkanes) is 1. The first-order chi connectivity index (χ1) is 39.2. The van der Waals surface area contributed by atoms with Gasteiger partial charge in [0.05, 0.1) is 48.5 Å². The van der Waals surface area contributed by atoms with Crippen molar-refractivity contribution >= 4 is 11.9 Å². The number of esters is 2. The quantitative estimate of drug-likeness (QED) is 0.0474. The van der Waals surface area contributed by atoms with E-state index in [4.69, 9.17) is 75.8 Å². The molecule has 25 unspecified atom stereocenters. The molecule has 4 saturated heterocycles. The van der Waals surface area contributed by atoms with Gasteiger partial charge in [-0.3, -0.25) is 9.59 Å². The van der Waals surface area contributed by atoms with E-state index >= 15 is 0 Å². The first-order valence-electron chi connectivity index (χ1n) is 30.2. The molecule has 5 rings (SSSR count). The maximum absolute atomic E-state index is 13.6. The molecule has 474 valence electrons. The second kappa shape index (κ2) is 34.6.